The van der Waals surface area contributed by atoms with Crippen LogP contribution in [0.15, 0.2) is 12.7 Å². The van der Waals surface area contributed by atoms with Gasteiger partial charge in [-0.25, -0.2) is 9.18 Å². The predicted molar refractivity (Wildman–Crippen MR) is 162 cm³/mol. The molecule has 5 saturated heterocycles. The molecule has 0 spiro atoms. The van der Waals surface area contributed by atoms with Crippen molar-refractivity contribution in [2.24, 2.45) is 17.8 Å². The Bertz CT molecular complexity index is 1160. The van der Waals surface area contributed by atoms with Crippen LogP contribution in [0.4, 0.5) is 9.18 Å². The van der Waals surface area contributed by atoms with Gasteiger partial charge in [0.25, 0.3) is 0 Å². The Kier molecular flexibility index (Phi) is 8.35. The van der Waals surface area contributed by atoms with Gasteiger partial charge in [-0.15, -0.1) is 11.6 Å². The maximum Gasteiger partial charge on any atom is 0.320 e. The summed E-state index contributed by atoms with van der Waals surface area (Å²) in [5.41, 5.74) is 0. The van der Waals surface area contributed by atoms with E-state index < -0.39 is 29.7 Å². The number of urea groups is 1. The molecule has 0 aromatic heterocycles. The third kappa shape index (κ3) is 5.22. The molecule has 7 fully saturated rings. The topological polar surface area (TPSA) is 118 Å². The average Bonchev–Trinajstić information content (AvgIpc) is 3.80. The number of carbonyl (C=O) groups excluding carboxylic acids is 3. The molecule has 4 amide bonds. The molecular formula is C31H47ClFN7O4. The van der Waals surface area contributed by atoms with E-state index in [1.54, 1.807) is 0 Å². The fraction of sp³-hybridized carbons (Fsp3) is 0.839. The number of ether oxygens (including phenoxy) is 1. The first-order chi connectivity index (χ1) is 21.2. The number of piperidine rings is 2. The SMILES string of the molecule is C=CC(=O)N1CCN(C2NC(=O)N3C4NC(C(Cl)CC42)C2C(F)CCCC2NC(=O)COC2CCNC(C(C)C)C23)[C@@H]2C[C@@H]21. The Hall–Kier alpha value is -1.99. The lowest BCUT2D eigenvalue weighted by atomic mass is 9.72. The molecular weight excluding hydrogens is 589 g/mol. The largest absolute Gasteiger partial charge is 0.366 e. The van der Waals surface area contributed by atoms with Gasteiger partial charge in [0.2, 0.25) is 11.8 Å². The van der Waals surface area contributed by atoms with Crippen molar-refractivity contribution in [1.29, 1.82) is 0 Å². The monoisotopic (exact) mass is 635 g/mol. The second-order valence-corrected chi connectivity index (χ2v) is 14.8. The fourth-order valence-electron chi connectivity index (χ4n) is 9.46. The van der Waals surface area contributed by atoms with Crippen LogP contribution in [0.3, 0.4) is 0 Å². The molecule has 0 aromatic carbocycles. The van der Waals surface area contributed by atoms with Crippen LogP contribution in [-0.4, -0.2) is 125 Å². The molecule has 0 radical (unpaired) electrons. The Morgan fingerprint density at radius 3 is 2.70 bits per heavy atom. The van der Waals surface area contributed by atoms with Gasteiger partial charge in [0, 0.05) is 60.5 Å². The molecule has 13 heteroatoms. The average molecular weight is 636 g/mol. The first-order valence-corrected chi connectivity index (χ1v) is 17.1. The second kappa shape index (κ2) is 12.0. The van der Waals surface area contributed by atoms with E-state index in [1.165, 1.54) is 6.08 Å². The maximum atomic E-state index is 15.9. The van der Waals surface area contributed by atoms with E-state index in [0.29, 0.717) is 45.2 Å². The summed E-state index contributed by atoms with van der Waals surface area (Å²) in [5, 5.41) is 13.5. The van der Waals surface area contributed by atoms with Gasteiger partial charge in [-0.2, -0.15) is 0 Å². The van der Waals surface area contributed by atoms with Crippen molar-refractivity contribution in [3.05, 3.63) is 12.7 Å². The standard InChI is InChI=1S/C31H47ClFN7O4/c1-4-24(42)38-10-11-39(21-13-20(21)38)29-16-12-17(32)27-25-18(33)6-5-7-19(25)35-23(41)14-44-22-8-9-34-26(15(2)3)28(22)40(30(16)36-27)31(43)37-29/h4,15-22,25-30,34,36H,1,5-14H2,2-3H3,(H,35,41)(H,37,43)/t16?,17?,18?,19?,20-,21+,22?,25?,26?,27?,28?,29?,30?/m0/s1. The van der Waals surface area contributed by atoms with E-state index in [-0.39, 0.29) is 78.8 Å². The van der Waals surface area contributed by atoms with Crippen LogP contribution in [0.1, 0.15) is 52.4 Å². The number of hydrogen-bond donors (Lipinski definition) is 4. The maximum absolute atomic E-state index is 15.9. The summed E-state index contributed by atoms with van der Waals surface area (Å²) in [6.07, 6.45) is 3.14. The van der Waals surface area contributed by atoms with Crippen molar-refractivity contribution in [1.82, 2.24) is 36.0 Å². The van der Waals surface area contributed by atoms with E-state index in [0.717, 1.165) is 13.0 Å². The number of nitrogens with one attached hydrogen (secondary N) is 4. The summed E-state index contributed by atoms with van der Waals surface area (Å²) in [7, 11) is 0. The van der Waals surface area contributed by atoms with Crippen molar-refractivity contribution < 1.29 is 23.5 Å². The van der Waals surface area contributed by atoms with E-state index in [9.17, 15) is 14.4 Å². The summed E-state index contributed by atoms with van der Waals surface area (Å²) in [6, 6.07) is -1.11. The third-order valence-corrected chi connectivity index (χ3v) is 11.9. The van der Waals surface area contributed by atoms with Gasteiger partial charge < -0.3 is 30.5 Å². The smallest absolute Gasteiger partial charge is 0.320 e. The molecule has 244 valence electrons. The van der Waals surface area contributed by atoms with Crippen molar-refractivity contribution in [3.63, 3.8) is 0 Å². The lowest BCUT2D eigenvalue weighted by Crippen LogP contribution is -2.80. The van der Waals surface area contributed by atoms with Crippen LogP contribution >= 0.6 is 11.6 Å². The summed E-state index contributed by atoms with van der Waals surface area (Å²) < 4.78 is 22.2. The molecule has 2 bridgehead atoms. The molecule has 44 heavy (non-hydrogen) atoms. The highest BCUT2D eigenvalue weighted by molar-refractivity contribution is 6.21. The van der Waals surface area contributed by atoms with Crippen LogP contribution in [-0.2, 0) is 14.3 Å². The number of amides is 4. The number of hydrogen-bond acceptors (Lipinski definition) is 7. The Morgan fingerprint density at radius 1 is 1.11 bits per heavy atom. The summed E-state index contributed by atoms with van der Waals surface area (Å²) in [6.45, 7) is 9.75. The highest BCUT2D eigenvalue weighted by atomic mass is 35.5. The molecule has 2 aliphatic carbocycles. The zero-order chi connectivity index (χ0) is 30.9. The highest BCUT2D eigenvalue weighted by Crippen LogP contribution is 2.45. The minimum absolute atomic E-state index is 0.0520. The number of carbonyl (C=O) groups is 3. The van der Waals surface area contributed by atoms with E-state index in [1.807, 2.05) is 9.80 Å². The molecule has 11 nitrogen and oxygen atoms in total. The van der Waals surface area contributed by atoms with Gasteiger partial charge >= 0.3 is 6.03 Å². The molecule has 7 rings (SSSR count). The number of nitrogens with zero attached hydrogens (tertiary/aromatic N) is 3. The predicted octanol–water partition coefficient (Wildman–Crippen LogP) is 1.13. The van der Waals surface area contributed by atoms with E-state index >= 15 is 4.39 Å². The Balaban J connectivity index is 1.26. The molecule has 13 atom stereocenters. The molecule has 11 unspecified atom stereocenters. The highest BCUT2D eigenvalue weighted by Gasteiger charge is 2.60. The third-order valence-electron chi connectivity index (χ3n) is 11.5. The van der Waals surface area contributed by atoms with Crippen LogP contribution in [0, 0.1) is 17.8 Å². The summed E-state index contributed by atoms with van der Waals surface area (Å²) >= 11 is 7.24. The van der Waals surface area contributed by atoms with E-state index in [4.69, 9.17) is 16.3 Å². The van der Waals surface area contributed by atoms with Crippen molar-refractivity contribution in [2.75, 3.05) is 26.2 Å². The van der Waals surface area contributed by atoms with Crippen molar-refractivity contribution in [2.45, 2.75) is 119 Å². The van der Waals surface area contributed by atoms with Gasteiger partial charge in [-0.1, -0.05) is 20.4 Å². The first kappa shape index (κ1) is 30.7. The van der Waals surface area contributed by atoms with Crippen LogP contribution < -0.4 is 21.3 Å². The van der Waals surface area contributed by atoms with Gasteiger partial charge in [-0.3, -0.25) is 19.8 Å². The zero-order valence-electron chi connectivity index (χ0n) is 25.7. The van der Waals surface area contributed by atoms with Gasteiger partial charge in [0.05, 0.1) is 24.5 Å². The normalized spacial score (nSPS) is 45.9. The molecule has 7 aliphatic rings. The van der Waals surface area contributed by atoms with Crippen molar-refractivity contribution in [3.8, 4) is 0 Å². The minimum atomic E-state index is -1.12. The van der Waals surface area contributed by atoms with Crippen LogP contribution in [0.5, 0.6) is 0 Å². The fourth-order valence-corrected chi connectivity index (χ4v) is 9.91. The van der Waals surface area contributed by atoms with Gasteiger partial charge in [-0.05, 0) is 57.1 Å². The molecule has 4 N–H and O–H groups in total. The first-order valence-electron chi connectivity index (χ1n) is 16.6. The molecule has 5 heterocycles. The number of alkyl halides is 2. The molecule has 2 saturated carbocycles. The number of piperazine rings is 1. The minimum Gasteiger partial charge on any atom is -0.366 e. The number of halogens is 2. The zero-order valence-corrected chi connectivity index (χ0v) is 26.4. The lowest BCUT2D eigenvalue weighted by Gasteiger charge is -2.60. The Labute approximate surface area is 264 Å². The van der Waals surface area contributed by atoms with Crippen LogP contribution in [0.25, 0.3) is 0 Å². The summed E-state index contributed by atoms with van der Waals surface area (Å²) in [5.74, 6) is -0.701. The quantitative estimate of drug-likeness (QED) is 0.271. The van der Waals surface area contributed by atoms with Crippen molar-refractivity contribution >= 4 is 29.4 Å². The number of rotatable bonds is 3. The van der Waals surface area contributed by atoms with Gasteiger partial charge in [0.15, 0.2) is 0 Å². The number of fused-ring (bicyclic) bond motifs is 6. The van der Waals surface area contributed by atoms with E-state index in [2.05, 4.69) is 46.6 Å². The molecule has 0 aromatic rings. The summed E-state index contributed by atoms with van der Waals surface area (Å²) in [4.78, 5) is 46.2. The van der Waals surface area contributed by atoms with Gasteiger partial charge in [0.1, 0.15) is 12.8 Å². The second-order valence-electron chi connectivity index (χ2n) is 14.2. The Morgan fingerprint density at radius 2 is 1.93 bits per heavy atom. The van der Waals surface area contributed by atoms with Crippen LogP contribution in [0.2, 0.25) is 0 Å². The lowest BCUT2D eigenvalue weighted by molar-refractivity contribution is -0.139. The molecule has 5 aliphatic heterocycles.